The van der Waals surface area contributed by atoms with Crippen LogP contribution in [0.1, 0.15) is 5.82 Å². The number of H-pyrrole nitrogens is 1. The summed E-state index contributed by atoms with van der Waals surface area (Å²) in [6.45, 7) is 0. The summed E-state index contributed by atoms with van der Waals surface area (Å²) in [5.74, 6) is 1.68. The van der Waals surface area contributed by atoms with Crippen LogP contribution in [0.15, 0.2) is 60.8 Å². The molecule has 0 bridgehead atoms. The molecule has 1 aromatic heterocycles. The number of rotatable bonds is 5. The number of aromatic amines is 1. The molecule has 3 aromatic rings. The van der Waals surface area contributed by atoms with Gasteiger partial charge in [0.1, 0.15) is 23.1 Å². The molecule has 0 aliphatic heterocycles. The van der Waals surface area contributed by atoms with E-state index in [0.717, 1.165) is 11.4 Å². The smallest absolute Gasteiger partial charge is 0.216 e. The van der Waals surface area contributed by atoms with E-state index in [-0.39, 0.29) is 11.4 Å². The van der Waals surface area contributed by atoms with E-state index in [4.69, 9.17) is 10.00 Å². The first kappa shape index (κ1) is 14.3. The average molecular weight is 304 g/mol. The Bertz CT molecular complexity index is 837. The minimum absolute atomic E-state index is 0.233. The summed E-state index contributed by atoms with van der Waals surface area (Å²) in [5.41, 5.74) is 1.04. The number of benzene rings is 2. The molecule has 0 amide bonds. The molecule has 23 heavy (non-hydrogen) atoms. The maximum atomic E-state index is 9.12. The third-order valence-electron chi connectivity index (χ3n) is 2.90. The summed E-state index contributed by atoms with van der Waals surface area (Å²) < 4.78 is 5.76. The second kappa shape index (κ2) is 6.87. The van der Waals surface area contributed by atoms with Crippen molar-refractivity contribution in [2.75, 3.05) is 5.32 Å². The van der Waals surface area contributed by atoms with Crippen LogP contribution in [0, 0.1) is 11.3 Å². The zero-order valence-electron chi connectivity index (χ0n) is 12.0. The molecule has 0 saturated heterocycles. The molecule has 112 valence electrons. The molecule has 0 aliphatic rings. The SMILES string of the molecule is N#CC(=CNc1cccc(Oc2ccccc2)c1)c1nn[nH]n1. The zero-order chi connectivity index (χ0) is 15.9. The summed E-state index contributed by atoms with van der Waals surface area (Å²) in [6.07, 6.45) is 1.52. The third kappa shape index (κ3) is 3.71. The van der Waals surface area contributed by atoms with Crippen molar-refractivity contribution in [1.29, 1.82) is 5.26 Å². The number of ether oxygens (including phenoxy) is 1. The van der Waals surface area contributed by atoms with E-state index in [9.17, 15) is 0 Å². The predicted molar refractivity (Wildman–Crippen MR) is 84.3 cm³/mol. The van der Waals surface area contributed by atoms with E-state index in [1.807, 2.05) is 60.7 Å². The van der Waals surface area contributed by atoms with Crippen molar-refractivity contribution in [2.45, 2.75) is 0 Å². The van der Waals surface area contributed by atoms with Gasteiger partial charge in [0.25, 0.3) is 0 Å². The van der Waals surface area contributed by atoms with Crippen LogP contribution in [-0.4, -0.2) is 20.6 Å². The third-order valence-corrected chi connectivity index (χ3v) is 2.90. The summed E-state index contributed by atoms with van der Waals surface area (Å²) >= 11 is 0. The number of para-hydroxylation sites is 1. The van der Waals surface area contributed by atoms with Crippen LogP contribution < -0.4 is 10.1 Å². The number of tetrazole rings is 1. The fourth-order valence-electron chi connectivity index (χ4n) is 1.85. The number of aromatic nitrogens is 4. The van der Waals surface area contributed by atoms with E-state index in [2.05, 4.69) is 25.9 Å². The van der Waals surface area contributed by atoms with Crippen molar-refractivity contribution in [1.82, 2.24) is 20.6 Å². The fourth-order valence-corrected chi connectivity index (χ4v) is 1.85. The van der Waals surface area contributed by atoms with Gasteiger partial charge in [-0.15, -0.1) is 10.2 Å². The number of hydrogen-bond donors (Lipinski definition) is 2. The minimum Gasteiger partial charge on any atom is -0.457 e. The van der Waals surface area contributed by atoms with E-state index in [0.29, 0.717) is 5.75 Å². The van der Waals surface area contributed by atoms with E-state index < -0.39 is 0 Å². The van der Waals surface area contributed by atoms with E-state index in [1.165, 1.54) is 6.20 Å². The highest BCUT2D eigenvalue weighted by Crippen LogP contribution is 2.24. The number of allylic oxidation sites excluding steroid dienone is 1. The Morgan fingerprint density at radius 2 is 1.96 bits per heavy atom. The molecule has 7 heteroatoms. The van der Waals surface area contributed by atoms with Gasteiger partial charge in [0.15, 0.2) is 0 Å². The lowest BCUT2D eigenvalue weighted by molar-refractivity contribution is 0.483. The molecular formula is C16H12N6O. The topological polar surface area (TPSA) is 99.5 Å². The molecule has 0 radical (unpaired) electrons. The van der Waals surface area contributed by atoms with Crippen LogP contribution in [0.2, 0.25) is 0 Å². The van der Waals surface area contributed by atoms with Crippen molar-refractivity contribution in [3.8, 4) is 17.6 Å². The molecule has 3 rings (SSSR count). The standard InChI is InChI=1S/C16H12N6O/c17-10-12(16-19-21-22-20-16)11-18-13-5-4-8-15(9-13)23-14-6-2-1-3-7-14/h1-9,11,18H,(H,19,20,21,22). The normalized spacial score (nSPS) is 10.8. The van der Waals surface area contributed by atoms with Gasteiger partial charge in [-0.25, -0.2) is 0 Å². The van der Waals surface area contributed by atoms with Crippen LogP contribution in [-0.2, 0) is 0 Å². The highest BCUT2D eigenvalue weighted by atomic mass is 16.5. The number of anilines is 1. The molecule has 2 N–H and O–H groups in total. The summed E-state index contributed by atoms with van der Waals surface area (Å²) in [7, 11) is 0. The average Bonchev–Trinajstić information content (AvgIpc) is 3.11. The molecule has 0 saturated carbocycles. The molecule has 0 spiro atoms. The van der Waals surface area contributed by atoms with Crippen molar-refractivity contribution < 1.29 is 4.74 Å². The van der Waals surface area contributed by atoms with E-state index in [1.54, 1.807) is 0 Å². The van der Waals surface area contributed by atoms with Crippen LogP contribution in [0.25, 0.3) is 5.57 Å². The molecule has 1 heterocycles. The Labute approximate surface area is 132 Å². The van der Waals surface area contributed by atoms with Gasteiger partial charge in [-0.05, 0) is 29.5 Å². The van der Waals surface area contributed by atoms with Gasteiger partial charge < -0.3 is 10.1 Å². The Morgan fingerprint density at radius 3 is 2.70 bits per heavy atom. The Balaban J connectivity index is 1.74. The maximum absolute atomic E-state index is 9.12. The maximum Gasteiger partial charge on any atom is 0.216 e. The first-order valence-electron chi connectivity index (χ1n) is 6.79. The quantitative estimate of drug-likeness (QED) is 0.703. The lowest BCUT2D eigenvalue weighted by atomic mass is 10.2. The van der Waals surface area contributed by atoms with E-state index >= 15 is 0 Å². The minimum atomic E-state index is 0.233. The first-order chi connectivity index (χ1) is 11.3. The van der Waals surface area contributed by atoms with Crippen molar-refractivity contribution in [2.24, 2.45) is 0 Å². The Morgan fingerprint density at radius 1 is 1.13 bits per heavy atom. The number of hydrogen-bond acceptors (Lipinski definition) is 6. The lowest BCUT2D eigenvalue weighted by Crippen LogP contribution is -1.93. The second-order valence-corrected chi connectivity index (χ2v) is 4.49. The number of nitrogens with zero attached hydrogens (tertiary/aromatic N) is 4. The van der Waals surface area contributed by atoms with Crippen molar-refractivity contribution in [3.05, 3.63) is 66.6 Å². The largest absolute Gasteiger partial charge is 0.457 e. The van der Waals surface area contributed by atoms with Gasteiger partial charge in [-0.1, -0.05) is 24.3 Å². The lowest BCUT2D eigenvalue weighted by Gasteiger charge is -2.07. The van der Waals surface area contributed by atoms with Crippen LogP contribution in [0.3, 0.4) is 0 Å². The van der Waals surface area contributed by atoms with Gasteiger partial charge in [0, 0.05) is 18.0 Å². The molecule has 2 aromatic carbocycles. The first-order valence-corrected chi connectivity index (χ1v) is 6.79. The number of nitriles is 1. The summed E-state index contributed by atoms with van der Waals surface area (Å²) in [6, 6.07) is 18.9. The Hall–Kier alpha value is -3.66. The molecule has 0 aliphatic carbocycles. The molecule has 0 unspecified atom stereocenters. The molecule has 0 fully saturated rings. The predicted octanol–water partition coefficient (Wildman–Crippen LogP) is 2.97. The molecule has 0 atom stereocenters. The Kier molecular flexibility index (Phi) is 4.26. The van der Waals surface area contributed by atoms with Gasteiger partial charge in [-0.2, -0.15) is 10.5 Å². The summed E-state index contributed by atoms with van der Waals surface area (Å²) in [4.78, 5) is 0. The van der Waals surface area contributed by atoms with Gasteiger partial charge in [0.2, 0.25) is 5.82 Å². The van der Waals surface area contributed by atoms with Gasteiger partial charge >= 0.3 is 0 Å². The monoisotopic (exact) mass is 304 g/mol. The van der Waals surface area contributed by atoms with Crippen molar-refractivity contribution in [3.63, 3.8) is 0 Å². The summed E-state index contributed by atoms with van der Waals surface area (Å²) in [5, 5.41) is 25.4. The highest BCUT2D eigenvalue weighted by molar-refractivity contribution is 5.74. The van der Waals surface area contributed by atoms with Crippen molar-refractivity contribution >= 4 is 11.3 Å². The van der Waals surface area contributed by atoms with Crippen LogP contribution in [0.5, 0.6) is 11.5 Å². The van der Waals surface area contributed by atoms with Crippen LogP contribution in [0.4, 0.5) is 5.69 Å². The van der Waals surface area contributed by atoms with Gasteiger partial charge in [0.05, 0.1) is 0 Å². The zero-order valence-corrected chi connectivity index (χ0v) is 12.0. The number of nitrogens with one attached hydrogen (secondary N) is 2. The molecule has 7 nitrogen and oxygen atoms in total. The molecular weight excluding hydrogens is 292 g/mol. The van der Waals surface area contributed by atoms with Gasteiger partial charge in [-0.3, -0.25) is 0 Å². The second-order valence-electron chi connectivity index (χ2n) is 4.49. The van der Waals surface area contributed by atoms with Crippen LogP contribution >= 0.6 is 0 Å². The fraction of sp³-hybridized carbons (Fsp3) is 0. The highest BCUT2D eigenvalue weighted by Gasteiger charge is 2.05.